The van der Waals surface area contributed by atoms with Gasteiger partial charge in [-0.15, -0.1) is 0 Å². The van der Waals surface area contributed by atoms with E-state index in [0.717, 1.165) is 17.2 Å². The van der Waals surface area contributed by atoms with Crippen LogP contribution in [0, 0.1) is 5.92 Å². The van der Waals surface area contributed by atoms with Crippen molar-refractivity contribution in [3.63, 3.8) is 0 Å². The monoisotopic (exact) mass is 418 g/mol. The number of rotatable bonds is 7. The van der Waals surface area contributed by atoms with Crippen LogP contribution in [0.3, 0.4) is 0 Å². The molecule has 0 bridgehead atoms. The molecule has 0 radical (unpaired) electrons. The molecule has 1 amide bonds. The van der Waals surface area contributed by atoms with Gasteiger partial charge in [0.1, 0.15) is 0 Å². The standard InChI is InChI=1S/C21H26N2O5S/c1-2-28-21(25)18-8-5-13-23(15-18)20(24)11-12-22-29(26,27)19-10-9-16-6-3-4-7-17(16)14-19/h3-4,6-7,9-10,14,18,22H,2,5,8,11-13,15H2,1H3. The van der Waals surface area contributed by atoms with Gasteiger partial charge in [0, 0.05) is 26.1 Å². The second-order valence-electron chi connectivity index (χ2n) is 7.09. The molecule has 0 aliphatic carbocycles. The number of carbonyl (C=O) groups is 2. The van der Waals surface area contributed by atoms with Gasteiger partial charge >= 0.3 is 5.97 Å². The number of nitrogens with one attached hydrogen (secondary N) is 1. The van der Waals surface area contributed by atoms with Crippen molar-refractivity contribution in [2.75, 3.05) is 26.2 Å². The van der Waals surface area contributed by atoms with Gasteiger partial charge in [-0.05, 0) is 42.7 Å². The highest BCUT2D eigenvalue weighted by Crippen LogP contribution is 2.20. The van der Waals surface area contributed by atoms with E-state index in [4.69, 9.17) is 4.74 Å². The topological polar surface area (TPSA) is 92.8 Å². The number of carbonyl (C=O) groups excluding carboxylic acids is 2. The zero-order chi connectivity index (χ0) is 20.9. The summed E-state index contributed by atoms with van der Waals surface area (Å²) >= 11 is 0. The number of hydrogen-bond donors (Lipinski definition) is 1. The summed E-state index contributed by atoms with van der Waals surface area (Å²) < 4.78 is 32.6. The van der Waals surface area contributed by atoms with Crippen LogP contribution < -0.4 is 4.72 Å². The zero-order valence-corrected chi connectivity index (χ0v) is 17.3. The van der Waals surface area contributed by atoms with Crippen LogP contribution in [0.4, 0.5) is 0 Å². The van der Waals surface area contributed by atoms with Crippen molar-refractivity contribution >= 4 is 32.7 Å². The number of esters is 1. The Labute approximate surface area is 171 Å². The van der Waals surface area contributed by atoms with E-state index in [1.807, 2.05) is 24.3 Å². The molecule has 1 aliphatic heterocycles. The summed E-state index contributed by atoms with van der Waals surface area (Å²) in [5.74, 6) is -0.746. The van der Waals surface area contributed by atoms with Crippen LogP contribution in [-0.2, 0) is 24.3 Å². The maximum atomic E-state index is 12.5. The molecular weight excluding hydrogens is 392 g/mol. The van der Waals surface area contributed by atoms with Crippen LogP contribution in [0.25, 0.3) is 10.8 Å². The Bertz CT molecular complexity index is 989. The maximum Gasteiger partial charge on any atom is 0.310 e. The third-order valence-corrected chi connectivity index (χ3v) is 6.51. The number of piperidine rings is 1. The number of ether oxygens (including phenoxy) is 1. The minimum Gasteiger partial charge on any atom is -0.466 e. The van der Waals surface area contributed by atoms with Crippen molar-refractivity contribution in [2.24, 2.45) is 5.92 Å². The predicted octanol–water partition coefficient (Wildman–Crippen LogP) is 2.31. The first-order valence-electron chi connectivity index (χ1n) is 9.83. The molecule has 1 saturated heterocycles. The Morgan fingerprint density at radius 2 is 1.93 bits per heavy atom. The zero-order valence-electron chi connectivity index (χ0n) is 16.5. The minimum atomic E-state index is -3.70. The van der Waals surface area contributed by atoms with Crippen molar-refractivity contribution in [1.29, 1.82) is 0 Å². The van der Waals surface area contributed by atoms with E-state index in [-0.39, 0.29) is 35.7 Å². The first-order chi connectivity index (χ1) is 13.9. The summed E-state index contributed by atoms with van der Waals surface area (Å²) in [6, 6.07) is 12.5. The molecule has 1 fully saturated rings. The Balaban J connectivity index is 1.55. The SMILES string of the molecule is CCOC(=O)C1CCCN(C(=O)CCNS(=O)(=O)c2ccc3ccccc3c2)C1. The highest BCUT2D eigenvalue weighted by molar-refractivity contribution is 7.89. The summed E-state index contributed by atoms with van der Waals surface area (Å²) in [6.07, 6.45) is 1.48. The van der Waals surface area contributed by atoms with Gasteiger partial charge in [-0.2, -0.15) is 0 Å². The van der Waals surface area contributed by atoms with Crippen molar-refractivity contribution in [3.05, 3.63) is 42.5 Å². The molecule has 29 heavy (non-hydrogen) atoms. The van der Waals surface area contributed by atoms with Gasteiger partial charge in [0.2, 0.25) is 15.9 Å². The summed E-state index contributed by atoms with van der Waals surface area (Å²) in [5.41, 5.74) is 0. The average Bonchev–Trinajstić information content (AvgIpc) is 2.73. The molecular formula is C21H26N2O5S. The van der Waals surface area contributed by atoms with Gasteiger partial charge in [0.25, 0.3) is 0 Å². The molecule has 0 aromatic heterocycles. The lowest BCUT2D eigenvalue weighted by Crippen LogP contribution is -2.43. The fourth-order valence-corrected chi connectivity index (χ4v) is 4.59. The normalized spacial score (nSPS) is 17.3. The van der Waals surface area contributed by atoms with E-state index in [1.165, 1.54) is 0 Å². The molecule has 8 heteroatoms. The van der Waals surface area contributed by atoms with Crippen molar-refractivity contribution in [1.82, 2.24) is 9.62 Å². The molecule has 1 unspecified atom stereocenters. The molecule has 1 heterocycles. The van der Waals surface area contributed by atoms with E-state index >= 15 is 0 Å². The molecule has 0 spiro atoms. The lowest BCUT2D eigenvalue weighted by Gasteiger charge is -2.31. The third kappa shape index (κ3) is 5.33. The third-order valence-electron chi connectivity index (χ3n) is 5.06. The quantitative estimate of drug-likeness (QED) is 0.697. The van der Waals surface area contributed by atoms with Crippen LogP contribution in [0.2, 0.25) is 0 Å². The number of benzene rings is 2. The lowest BCUT2D eigenvalue weighted by atomic mass is 9.98. The average molecular weight is 419 g/mol. The summed E-state index contributed by atoms with van der Waals surface area (Å²) in [6.45, 7) is 2.99. The highest BCUT2D eigenvalue weighted by atomic mass is 32.2. The van der Waals surface area contributed by atoms with Gasteiger partial charge in [-0.3, -0.25) is 9.59 Å². The first kappa shape index (κ1) is 21.3. The van der Waals surface area contributed by atoms with Crippen molar-refractivity contribution < 1.29 is 22.7 Å². The van der Waals surface area contributed by atoms with E-state index in [2.05, 4.69) is 4.72 Å². The van der Waals surface area contributed by atoms with Gasteiger partial charge in [-0.25, -0.2) is 13.1 Å². The molecule has 156 valence electrons. The van der Waals surface area contributed by atoms with Crippen LogP contribution in [0.5, 0.6) is 0 Å². The highest BCUT2D eigenvalue weighted by Gasteiger charge is 2.29. The molecule has 2 aromatic rings. The number of fused-ring (bicyclic) bond motifs is 1. The van der Waals surface area contributed by atoms with Crippen molar-refractivity contribution in [2.45, 2.75) is 31.1 Å². The van der Waals surface area contributed by atoms with Crippen LogP contribution >= 0.6 is 0 Å². The predicted molar refractivity (Wildman–Crippen MR) is 110 cm³/mol. The largest absolute Gasteiger partial charge is 0.466 e. The molecule has 2 aromatic carbocycles. The molecule has 1 atom stereocenters. The van der Waals surface area contributed by atoms with Crippen molar-refractivity contribution in [3.8, 4) is 0 Å². The fourth-order valence-electron chi connectivity index (χ4n) is 3.52. The summed E-state index contributed by atoms with van der Waals surface area (Å²) in [5, 5.41) is 1.80. The molecule has 3 rings (SSSR count). The lowest BCUT2D eigenvalue weighted by molar-refractivity contribution is -0.151. The second-order valence-corrected chi connectivity index (χ2v) is 8.85. The Morgan fingerprint density at radius 1 is 1.17 bits per heavy atom. The minimum absolute atomic E-state index is 0.00850. The number of sulfonamides is 1. The fraction of sp³-hybridized carbons (Fsp3) is 0.429. The number of likely N-dealkylation sites (tertiary alicyclic amines) is 1. The first-order valence-corrected chi connectivity index (χ1v) is 11.3. The van der Waals surface area contributed by atoms with Crippen LogP contribution in [-0.4, -0.2) is 51.4 Å². The van der Waals surface area contributed by atoms with E-state index in [1.54, 1.807) is 30.0 Å². The van der Waals surface area contributed by atoms with Gasteiger partial charge < -0.3 is 9.64 Å². The number of nitrogens with zero attached hydrogens (tertiary/aromatic N) is 1. The number of hydrogen-bond acceptors (Lipinski definition) is 5. The Hall–Kier alpha value is -2.45. The molecule has 0 saturated carbocycles. The summed E-state index contributed by atoms with van der Waals surface area (Å²) in [4.78, 5) is 26.2. The van der Waals surface area contributed by atoms with Gasteiger partial charge in [0.15, 0.2) is 0 Å². The van der Waals surface area contributed by atoms with E-state index in [9.17, 15) is 18.0 Å². The Kier molecular flexibility index (Phi) is 6.87. The van der Waals surface area contributed by atoms with Gasteiger partial charge in [0.05, 0.1) is 17.4 Å². The van der Waals surface area contributed by atoms with E-state index < -0.39 is 10.0 Å². The summed E-state index contributed by atoms with van der Waals surface area (Å²) in [7, 11) is -3.70. The van der Waals surface area contributed by atoms with Crippen LogP contribution in [0.1, 0.15) is 26.2 Å². The van der Waals surface area contributed by atoms with Crippen LogP contribution in [0.15, 0.2) is 47.4 Å². The smallest absolute Gasteiger partial charge is 0.310 e. The van der Waals surface area contributed by atoms with Gasteiger partial charge in [-0.1, -0.05) is 30.3 Å². The second kappa shape index (κ2) is 9.37. The molecule has 1 N–H and O–H groups in total. The molecule has 7 nitrogen and oxygen atoms in total. The molecule has 1 aliphatic rings. The Morgan fingerprint density at radius 3 is 2.69 bits per heavy atom. The van der Waals surface area contributed by atoms with E-state index in [0.29, 0.717) is 26.1 Å². The number of amides is 1. The maximum absolute atomic E-state index is 12.5.